The summed E-state index contributed by atoms with van der Waals surface area (Å²) in [6, 6.07) is 2.03. The molecule has 1 atom stereocenters. The summed E-state index contributed by atoms with van der Waals surface area (Å²) >= 11 is 0. The van der Waals surface area contributed by atoms with Gasteiger partial charge in [-0.15, -0.1) is 0 Å². The van der Waals surface area contributed by atoms with Crippen molar-refractivity contribution in [2.24, 2.45) is 0 Å². The molecule has 0 spiro atoms. The number of hydrogen-bond donors (Lipinski definition) is 1. The molecular formula is C23H31F3N4O2. The Bertz CT molecular complexity index is 1020. The Labute approximate surface area is 185 Å². The van der Waals surface area contributed by atoms with Gasteiger partial charge in [-0.25, -0.2) is 4.98 Å². The van der Waals surface area contributed by atoms with Gasteiger partial charge in [0, 0.05) is 6.54 Å². The maximum Gasteiger partial charge on any atom is 0.438 e. The van der Waals surface area contributed by atoms with E-state index in [1.54, 1.807) is 19.9 Å². The van der Waals surface area contributed by atoms with E-state index in [9.17, 15) is 22.8 Å². The maximum absolute atomic E-state index is 13.5. The van der Waals surface area contributed by atoms with Crippen molar-refractivity contribution in [1.29, 1.82) is 0 Å². The lowest BCUT2D eigenvalue weighted by atomic mass is 10.1. The van der Waals surface area contributed by atoms with E-state index < -0.39 is 29.4 Å². The number of nitrogens with zero attached hydrogens (tertiary/aromatic N) is 3. The summed E-state index contributed by atoms with van der Waals surface area (Å²) in [4.78, 5) is 31.5. The summed E-state index contributed by atoms with van der Waals surface area (Å²) in [6.07, 6.45) is 0.700. The van der Waals surface area contributed by atoms with Crippen LogP contribution >= 0.6 is 0 Å². The number of fused-ring (bicyclic) bond motifs is 1. The molecule has 1 unspecified atom stereocenters. The van der Waals surface area contributed by atoms with Crippen LogP contribution < -0.4 is 10.9 Å². The van der Waals surface area contributed by atoms with Gasteiger partial charge in [0.25, 0.3) is 5.56 Å². The zero-order valence-electron chi connectivity index (χ0n) is 18.9. The molecule has 6 nitrogen and oxygen atoms in total. The van der Waals surface area contributed by atoms with Crippen molar-refractivity contribution in [3.05, 3.63) is 39.3 Å². The molecule has 1 fully saturated rings. The van der Waals surface area contributed by atoms with Gasteiger partial charge in [-0.3, -0.25) is 14.2 Å². The first-order valence-corrected chi connectivity index (χ1v) is 11.2. The number of aromatic nitrogens is 2. The highest BCUT2D eigenvalue weighted by Gasteiger charge is 2.38. The molecule has 0 bridgehead atoms. The molecule has 1 aromatic carbocycles. The quantitative estimate of drug-likeness (QED) is 0.674. The Morgan fingerprint density at radius 3 is 2.38 bits per heavy atom. The van der Waals surface area contributed by atoms with Crippen LogP contribution in [0.25, 0.3) is 11.0 Å². The van der Waals surface area contributed by atoms with Crippen LogP contribution in [0.15, 0.2) is 16.9 Å². The van der Waals surface area contributed by atoms with Crippen LogP contribution in [-0.4, -0.2) is 46.5 Å². The molecule has 9 heteroatoms. The molecule has 1 amide bonds. The minimum Gasteiger partial charge on any atom is -0.354 e. The molecule has 0 aliphatic carbocycles. The molecule has 176 valence electrons. The summed E-state index contributed by atoms with van der Waals surface area (Å²) in [6.45, 7) is 8.39. The second-order valence-corrected chi connectivity index (χ2v) is 8.63. The van der Waals surface area contributed by atoms with Gasteiger partial charge < -0.3 is 10.2 Å². The third kappa shape index (κ3) is 5.49. The average Bonchev–Trinajstić information content (AvgIpc) is 2.99. The van der Waals surface area contributed by atoms with E-state index in [-0.39, 0.29) is 11.0 Å². The Hall–Kier alpha value is -2.42. The molecule has 0 radical (unpaired) electrons. The third-order valence-electron chi connectivity index (χ3n) is 6.19. The second kappa shape index (κ2) is 10.0. The first kappa shape index (κ1) is 24.2. The van der Waals surface area contributed by atoms with Gasteiger partial charge in [0.2, 0.25) is 11.6 Å². The van der Waals surface area contributed by atoms with Gasteiger partial charge in [-0.2, -0.15) is 13.2 Å². The number of aryl methyl sites for hydroxylation is 2. The molecule has 3 rings (SSSR count). The minimum absolute atomic E-state index is 0.0424. The van der Waals surface area contributed by atoms with Crippen LogP contribution in [0.2, 0.25) is 0 Å². The van der Waals surface area contributed by atoms with E-state index in [1.807, 2.05) is 0 Å². The average molecular weight is 453 g/mol. The SMILES string of the molecule is Cc1cc2nc(C(F)(F)F)c(=O)n(C(C)C(=O)NCCCN3CCCCCC3)c2cc1C. The summed E-state index contributed by atoms with van der Waals surface area (Å²) in [5.74, 6) is -0.484. The first-order valence-electron chi connectivity index (χ1n) is 11.2. The number of benzene rings is 1. The number of hydrogen-bond acceptors (Lipinski definition) is 4. The Morgan fingerprint density at radius 1 is 1.12 bits per heavy atom. The summed E-state index contributed by atoms with van der Waals surface area (Å²) in [7, 11) is 0. The summed E-state index contributed by atoms with van der Waals surface area (Å²) in [5.41, 5.74) is -0.986. The summed E-state index contributed by atoms with van der Waals surface area (Å²) < 4.78 is 41.3. The number of alkyl halides is 3. The van der Waals surface area contributed by atoms with Crippen molar-refractivity contribution in [3.63, 3.8) is 0 Å². The van der Waals surface area contributed by atoms with Gasteiger partial charge in [0.15, 0.2) is 0 Å². The van der Waals surface area contributed by atoms with Crippen molar-refractivity contribution in [2.45, 2.75) is 65.1 Å². The highest BCUT2D eigenvalue weighted by molar-refractivity contribution is 5.84. The molecule has 1 N–H and O–H groups in total. The topological polar surface area (TPSA) is 67.2 Å². The zero-order chi connectivity index (χ0) is 23.5. The van der Waals surface area contributed by atoms with Crippen LogP contribution in [0.3, 0.4) is 0 Å². The highest BCUT2D eigenvalue weighted by atomic mass is 19.4. The first-order chi connectivity index (χ1) is 15.1. The fraction of sp³-hybridized carbons (Fsp3) is 0.609. The lowest BCUT2D eigenvalue weighted by molar-refractivity contribution is -0.142. The van der Waals surface area contributed by atoms with Crippen molar-refractivity contribution in [2.75, 3.05) is 26.2 Å². The number of rotatable bonds is 6. The van der Waals surface area contributed by atoms with Crippen molar-refractivity contribution in [1.82, 2.24) is 19.8 Å². The van der Waals surface area contributed by atoms with Crippen LogP contribution in [0, 0.1) is 13.8 Å². The molecule has 0 saturated carbocycles. The standard InChI is InChI=1S/C23H31F3N4O2/c1-15-13-18-19(14-16(15)2)30(22(32)20(28-18)23(24,25)26)17(3)21(31)27-9-8-12-29-10-6-4-5-7-11-29/h13-14,17H,4-12H2,1-3H3,(H,27,31). The van der Waals surface area contributed by atoms with Crippen molar-refractivity contribution in [3.8, 4) is 0 Å². The van der Waals surface area contributed by atoms with E-state index in [4.69, 9.17) is 0 Å². The van der Waals surface area contributed by atoms with Gasteiger partial charge in [-0.05, 0) is 82.9 Å². The molecule has 32 heavy (non-hydrogen) atoms. The largest absolute Gasteiger partial charge is 0.438 e. The Balaban J connectivity index is 1.80. The van der Waals surface area contributed by atoms with Crippen molar-refractivity contribution < 1.29 is 18.0 Å². The van der Waals surface area contributed by atoms with Crippen LogP contribution in [-0.2, 0) is 11.0 Å². The summed E-state index contributed by atoms with van der Waals surface area (Å²) in [5, 5.41) is 2.79. The lowest BCUT2D eigenvalue weighted by Crippen LogP contribution is -2.40. The fourth-order valence-electron chi connectivity index (χ4n) is 4.17. The molecular weight excluding hydrogens is 421 g/mol. The van der Waals surface area contributed by atoms with E-state index in [1.165, 1.54) is 38.7 Å². The minimum atomic E-state index is -4.91. The molecule has 1 aliphatic heterocycles. The smallest absolute Gasteiger partial charge is 0.354 e. The number of halogens is 3. The van der Waals surface area contributed by atoms with Crippen LogP contribution in [0.1, 0.15) is 61.9 Å². The number of carbonyl (C=O) groups is 1. The number of carbonyl (C=O) groups excluding carboxylic acids is 1. The van der Waals surface area contributed by atoms with E-state index in [0.717, 1.165) is 41.7 Å². The Kier molecular flexibility index (Phi) is 7.59. The lowest BCUT2D eigenvalue weighted by Gasteiger charge is -2.21. The van der Waals surface area contributed by atoms with E-state index in [0.29, 0.717) is 6.54 Å². The number of nitrogens with one attached hydrogen (secondary N) is 1. The highest BCUT2D eigenvalue weighted by Crippen LogP contribution is 2.28. The molecule has 2 heterocycles. The predicted octanol–water partition coefficient (Wildman–Crippen LogP) is 3.98. The number of amides is 1. The molecule has 1 saturated heterocycles. The molecule has 1 aliphatic rings. The van der Waals surface area contributed by atoms with Gasteiger partial charge in [-0.1, -0.05) is 12.8 Å². The molecule has 1 aromatic heterocycles. The second-order valence-electron chi connectivity index (χ2n) is 8.63. The van der Waals surface area contributed by atoms with Crippen LogP contribution in [0.4, 0.5) is 13.2 Å². The van der Waals surface area contributed by atoms with E-state index >= 15 is 0 Å². The molecule has 2 aromatic rings. The fourth-order valence-corrected chi connectivity index (χ4v) is 4.17. The van der Waals surface area contributed by atoms with E-state index in [2.05, 4.69) is 15.2 Å². The van der Waals surface area contributed by atoms with Gasteiger partial charge >= 0.3 is 6.18 Å². The zero-order valence-corrected chi connectivity index (χ0v) is 18.9. The monoisotopic (exact) mass is 452 g/mol. The normalized spacial score (nSPS) is 16.7. The van der Waals surface area contributed by atoms with Gasteiger partial charge in [0.1, 0.15) is 6.04 Å². The number of likely N-dealkylation sites (tertiary alicyclic amines) is 1. The maximum atomic E-state index is 13.5. The van der Waals surface area contributed by atoms with Crippen molar-refractivity contribution >= 4 is 16.9 Å². The van der Waals surface area contributed by atoms with Crippen LogP contribution in [0.5, 0.6) is 0 Å². The Morgan fingerprint density at radius 2 is 1.75 bits per heavy atom. The van der Waals surface area contributed by atoms with Gasteiger partial charge in [0.05, 0.1) is 11.0 Å². The third-order valence-corrected chi connectivity index (χ3v) is 6.19. The predicted molar refractivity (Wildman–Crippen MR) is 118 cm³/mol.